The Labute approximate surface area is 109 Å². The Hall–Kier alpha value is -1.58. The van der Waals surface area contributed by atoms with Crippen LogP contribution in [0.15, 0.2) is 18.5 Å². The molecule has 0 saturated carbocycles. The number of rotatable bonds is 7. The molecule has 0 spiro atoms. The van der Waals surface area contributed by atoms with E-state index >= 15 is 0 Å². The molecule has 4 nitrogen and oxygen atoms in total. The molecule has 0 aliphatic rings. The quantitative estimate of drug-likeness (QED) is 0.756. The number of carbonyl (C=O) groups excluding carboxylic acids is 1. The third-order valence-electron chi connectivity index (χ3n) is 3.06. The first-order valence-electron chi connectivity index (χ1n) is 6.62. The van der Waals surface area contributed by atoms with Crippen LogP contribution < -0.4 is 10.6 Å². The van der Waals surface area contributed by atoms with E-state index in [1.165, 1.54) is 19.3 Å². The highest BCUT2D eigenvalue weighted by Gasteiger charge is 2.12. The van der Waals surface area contributed by atoms with E-state index in [9.17, 15) is 4.79 Å². The van der Waals surface area contributed by atoms with Crippen molar-refractivity contribution in [2.75, 3.05) is 17.7 Å². The van der Waals surface area contributed by atoms with Crippen molar-refractivity contribution in [3.05, 3.63) is 18.5 Å². The molecule has 0 fully saturated rings. The smallest absolute Gasteiger partial charge is 0.226 e. The van der Waals surface area contributed by atoms with Crippen molar-refractivity contribution >= 4 is 17.3 Å². The zero-order valence-corrected chi connectivity index (χ0v) is 11.4. The minimum Gasteiger partial charge on any atom is -0.396 e. The molecular weight excluding hydrogens is 226 g/mol. The maximum atomic E-state index is 12.0. The molecule has 4 heteroatoms. The van der Waals surface area contributed by atoms with Crippen LogP contribution in [0.5, 0.6) is 0 Å². The highest BCUT2D eigenvalue weighted by Crippen LogP contribution is 2.21. The SMILES string of the molecule is CCCCCCCC(=O)N(C)c1ccncc1N. The molecule has 100 valence electrons. The minimum absolute atomic E-state index is 0.115. The third-order valence-corrected chi connectivity index (χ3v) is 3.06. The van der Waals surface area contributed by atoms with Crippen LogP contribution >= 0.6 is 0 Å². The number of nitrogen functional groups attached to an aromatic ring is 1. The van der Waals surface area contributed by atoms with Crippen LogP contribution in [-0.2, 0) is 4.79 Å². The van der Waals surface area contributed by atoms with Crippen molar-refractivity contribution in [3.63, 3.8) is 0 Å². The number of amides is 1. The minimum atomic E-state index is 0.115. The van der Waals surface area contributed by atoms with Gasteiger partial charge in [0.25, 0.3) is 0 Å². The third kappa shape index (κ3) is 4.35. The van der Waals surface area contributed by atoms with Crippen LogP contribution in [0.2, 0.25) is 0 Å². The number of carbonyl (C=O) groups is 1. The predicted molar refractivity (Wildman–Crippen MR) is 75.4 cm³/mol. The lowest BCUT2D eigenvalue weighted by molar-refractivity contribution is -0.118. The van der Waals surface area contributed by atoms with E-state index < -0.39 is 0 Å². The van der Waals surface area contributed by atoms with Crippen molar-refractivity contribution < 1.29 is 4.79 Å². The van der Waals surface area contributed by atoms with Crippen molar-refractivity contribution in [2.24, 2.45) is 0 Å². The second-order valence-corrected chi connectivity index (χ2v) is 4.55. The average molecular weight is 249 g/mol. The van der Waals surface area contributed by atoms with Gasteiger partial charge < -0.3 is 10.6 Å². The van der Waals surface area contributed by atoms with Gasteiger partial charge in [0.2, 0.25) is 5.91 Å². The molecule has 0 aliphatic carbocycles. The molecule has 1 aromatic rings. The summed E-state index contributed by atoms with van der Waals surface area (Å²) in [5.41, 5.74) is 7.08. The first-order chi connectivity index (χ1) is 8.66. The lowest BCUT2D eigenvalue weighted by Gasteiger charge is -2.18. The van der Waals surface area contributed by atoms with Gasteiger partial charge in [-0.3, -0.25) is 9.78 Å². The molecule has 2 N–H and O–H groups in total. The summed E-state index contributed by atoms with van der Waals surface area (Å²) in [5.74, 6) is 0.115. The Kier molecular flexibility index (Phi) is 6.19. The summed E-state index contributed by atoms with van der Waals surface area (Å²) in [6, 6.07) is 1.77. The van der Waals surface area contributed by atoms with E-state index in [4.69, 9.17) is 5.73 Å². The van der Waals surface area contributed by atoms with Crippen LogP contribution in [0, 0.1) is 0 Å². The summed E-state index contributed by atoms with van der Waals surface area (Å²) in [6.45, 7) is 2.19. The second kappa shape index (κ2) is 7.69. The van der Waals surface area contributed by atoms with Crippen molar-refractivity contribution in [1.82, 2.24) is 4.98 Å². The molecule has 0 atom stereocenters. The molecular formula is C14H23N3O. The van der Waals surface area contributed by atoms with Gasteiger partial charge in [-0.15, -0.1) is 0 Å². The molecule has 0 aromatic carbocycles. The van der Waals surface area contributed by atoms with E-state index in [-0.39, 0.29) is 5.91 Å². The monoisotopic (exact) mass is 249 g/mol. The summed E-state index contributed by atoms with van der Waals surface area (Å²) in [4.78, 5) is 17.5. The van der Waals surface area contributed by atoms with Gasteiger partial charge in [-0.1, -0.05) is 32.6 Å². The molecule has 18 heavy (non-hydrogen) atoms. The van der Waals surface area contributed by atoms with Crippen LogP contribution in [-0.4, -0.2) is 17.9 Å². The number of unbranched alkanes of at least 4 members (excludes halogenated alkanes) is 4. The molecule has 1 amide bonds. The van der Waals surface area contributed by atoms with Gasteiger partial charge in [0.15, 0.2) is 0 Å². The summed E-state index contributed by atoms with van der Waals surface area (Å²) in [7, 11) is 1.76. The number of pyridine rings is 1. The fourth-order valence-electron chi connectivity index (χ4n) is 1.89. The summed E-state index contributed by atoms with van der Waals surface area (Å²) in [5, 5.41) is 0. The Balaban J connectivity index is 2.40. The van der Waals surface area contributed by atoms with E-state index in [1.54, 1.807) is 30.4 Å². The van der Waals surface area contributed by atoms with Crippen LogP contribution in [0.3, 0.4) is 0 Å². The lowest BCUT2D eigenvalue weighted by Crippen LogP contribution is -2.26. The fraction of sp³-hybridized carbons (Fsp3) is 0.571. The first kappa shape index (κ1) is 14.5. The fourth-order valence-corrected chi connectivity index (χ4v) is 1.89. The predicted octanol–water partition coefficient (Wildman–Crippen LogP) is 2.99. The molecule has 0 radical (unpaired) electrons. The van der Waals surface area contributed by atoms with E-state index in [1.807, 2.05) is 0 Å². The van der Waals surface area contributed by atoms with Gasteiger partial charge in [-0.25, -0.2) is 0 Å². The highest BCUT2D eigenvalue weighted by atomic mass is 16.2. The van der Waals surface area contributed by atoms with Crippen molar-refractivity contribution in [2.45, 2.75) is 45.4 Å². The standard InChI is InChI=1S/C14H23N3O/c1-3-4-5-6-7-8-14(18)17(2)13-9-10-16-11-12(13)15/h9-11H,3-8,15H2,1-2H3. The Morgan fingerprint density at radius 1 is 1.33 bits per heavy atom. The normalized spacial score (nSPS) is 10.3. The van der Waals surface area contributed by atoms with Crippen LogP contribution in [0.4, 0.5) is 11.4 Å². The summed E-state index contributed by atoms with van der Waals surface area (Å²) < 4.78 is 0. The molecule has 1 aromatic heterocycles. The molecule has 1 heterocycles. The van der Waals surface area contributed by atoms with Crippen molar-refractivity contribution in [1.29, 1.82) is 0 Å². The number of hydrogen-bond acceptors (Lipinski definition) is 3. The van der Waals surface area contributed by atoms with Gasteiger partial charge >= 0.3 is 0 Å². The number of aromatic nitrogens is 1. The zero-order chi connectivity index (χ0) is 13.4. The highest BCUT2D eigenvalue weighted by molar-refractivity contribution is 5.95. The molecule has 0 aliphatic heterocycles. The van der Waals surface area contributed by atoms with Crippen LogP contribution in [0.25, 0.3) is 0 Å². The Morgan fingerprint density at radius 3 is 2.72 bits per heavy atom. The largest absolute Gasteiger partial charge is 0.396 e. The molecule has 0 saturated heterocycles. The topological polar surface area (TPSA) is 59.2 Å². The molecule has 0 unspecified atom stereocenters. The second-order valence-electron chi connectivity index (χ2n) is 4.55. The lowest BCUT2D eigenvalue weighted by atomic mass is 10.1. The molecule has 0 bridgehead atoms. The van der Waals surface area contributed by atoms with Gasteiger partial charge in [0.1, 0.15) is 0 Å². The number of anilines is 2. The summed E-state index contributed by atoms with van der Waals surface area (Å²) in [6.07, 6.45) is 9.57. The van der Waals surface area contributed by atoms with Crippen LogP contribution in [0.1, 0.15) is 45.4 Å². The zero-order valence-electron chi connectivity index (χ0n) is 11.4. The van der Waals surface area contributed by atoms with E-state index in [2.05, 4.69) is 11.9 Å². The Bertz CT molecular complexity index is 379. The van der Waals surface area contributed by atoms with Gasteiger partial charge in [0.05, 0.1) is 17.6 Å². The number of nitrogens with two attached hydrogens (primary N) is 1. The van der Waals surface area contributed by atoms with E-state index in [0.29, 0.717) is 12.1 Å². The van der Waals surface area contributed by atoms with Gasteiger partial charge in [-0.2, -0.15) is 0 Å². The number of nitrogens with zero attached hydrogens (tertiary/aromatic N) is 2. The van der Waals surface area contributed by atoms with Gasteiger partial charge in [-0.05, 0) is 12.5 Å². The summed E-state index contributed by atoms with van der Waals surface area (Å²) >= 11 is 0. The van der Waals surface area contributed by atoms with Gasteiger partial charge in [0, 0.05) is 19.7 Å². The van der Waals surface area contributed by atoms with E-state index in [0.717, 1.165) is 18.5 Å². The maximum absolute atomic E-state index is 12.0. The average Bonchev–Trinajstić information content (AvgIpc) is 2.38. The van der Waals surface area contributed by atoms with Crippen molar-refractivity contribution in [3.8, 4) is 0 Å². The molecule has 1 rings (SSSR count). The number of hydrogen-bond donors (Lipinski definition) is 1. The Morgan fingerprint density at radius 2 is 2.06 bits per heavy atom. The first-order valence-corrected chi connectivity index (χ1v) is 6.62. The maximum Gasteiger partial charge on any atom is 0.226 e.